The van der Waals surface area contributed by atoms with E-state index in [1.165, 1.54) is 6.33 Å². The number of nitrogens with zero attached hydrogens (tertiary/aromatic N) is 2. The van der Waals surface area contributed by atoms with E-state index in [4.69, 9.17) is 11.6 Å². The van der Waals surface area contributed by atoms with Crippen molar-refractivity contribution in [2.45, 2.75) is 19.8 Å². The van der Waals surface area contributed by atoms with Crippen molar-refractivity contribution >= 4 is 23.1 Å². The molecule has 0 bridgehead atoms. The normalized spacial score (nSPS) is 9.93. The van der Waals surface area contributed by atoms with Gasteiger partial charge in [0.2, 0.25) is 0 Å². The first-order chi connectivity index (χ1) is 6.79. The number of rotatable bonds is 5. The van der Waals surface area contributed by atoms with E-state index < -0.39 is 0 Å². The maximum atomic E-state index is 5.89. The van der Waals surface area contributed by atoms with Gasteiger partial charge in [-0.15, -0.1) is 0 Å². The second kappa shape index (κ2) is 5.65. The topological polar surface area (TPSA) is 49.8 Å². The van der Waals surface area contributed by atoms with Crippen LogP contribution in [0.4, 0.5) is 11.5 Å². The minimum absolute atomic E-state index is 0.446. The third kappa shape index (κ3) is 2.73. The van der Waals surface area contributed by atoms with Gasteiger partial charge in [-0.3, -0.25) is 0 Å². The van der Waals surface area contributed by atoms with Crippen LogP contribution < -0.4 is 10.6 Å². The molecule has 0 atom stereocenters. The van der Waals surface area contributed by atoms with Gasteiger partial charge >= 0.3 is 0 Å². The smallest absolute Gasteiger partial charge is 0.157 e. The van der Waals surface area contributed by atoms with Crippen molar-refractivity contribution in [3.8, 4) is 0 Å². The molecule has 14 heavy (non-hydrogen) atoms. The molecular weight excluding hydrogens is 200 g/mol. The predicted octanol–water partition coefficient (Wildman–Crippen LogP) is 2.38. The van der Waals surface area contributed by atoms with Crippen LogP contribution in [0.3, 0.4) is 0 Å². The van der Waals surface area contributed by atoms with Gasteiger partial charge in [-0.1, -0.05) is 24.9 Å². The number of anilines is 2. The summed E-state index contributed by atoms with van der Waals surface area (Å²) in [6.45, 7) is 3.05. The number of halogens is 1. The summed E-state index contributed by atoms with van der Waals surface area (Å²) in [6.07, 6.45) is 3.73. The third-order valence-corrected chi connectivity index (χ3v) is 2.16. The Morgan fingerprint density at radius 2 is 2.21 bits per heavy atom. The minimum atomic E-state index is 0.446. The lowest BCUT2D eigenvalue weighted by atomic mass is 10.3. The molecule has 1 aromatic rings. The average molecular weight is 215 g/mol. The monoisotopic (exact) mass is 214 g/mol. The molecule has 4 nitrogen and oxygen atoms in total. The van der Waals surface area contributed by atoms with Crippen LogP contribution in [0.2, 0.25) is 5.15 Å². The van der Waals surface area contributed by atoms with Gasteiger partial charge in [0, 0.05) is 13.6 Å². The number of aromatic nitrogens is 2. The van der Waals surface area contributed by atoms with E-state index in [-0.39, 0.29) is 0 Å². The maximum Gasteiger partial charge on any atom is 0.157 e. The van der Waals surface area contributed by atoms with Crippen molar-refractivity contribution in [3.05, 3.63) is 11.5 Å². The zero-order valence-electron chi connectivity index (χ0n) is 8.47. The number of unbranched alkanes of at least 4 members (excludes halogenated alkanes) is 1. The van der Waals surface area contributed by atoms with E-state index in [0.717, 1.165) is 30.9 Å². The zero-order valence-corrected chi connectivity index (χ0v) is 9.23. The number of hydrogen-bond donors (Lipinski definition) is 2. The molecule has 0 aliphatic rings. The van der Waals surface area contributed by atoms with E-state index in [9.17, 15) is 0 Å². The van der Waals surface area contributed by atoms with Crippen LogP contribution in [0.25, 0.3) is 0 Å². The van der Waals surface area contributed by atoms with Gasteiger partial charge in [0.15, 0.2) is 11.0 Å². The predicted molar refractivity (Wildman–Crippen MR) is 60.0 cm³/mol. The molecule has 2 N–H and O–H groups in total. The molecule has 78 valence electrons. The standard InChI is InChI=1S/C9H15ClN4/c1-3-4-5-12-9-7(11-2)8(10)13-6-14-9/h6,11H,3-5H2,1-2H3,(H,12,13,14). The van der Waals surface area contributed by atoms with E-state index in [2.05, 4.69) is 27.5 Å². The number of nitrogens with one attached hydrogen (secondary N) is 2. The van der Waals surface area contributed by atoms with Crippen molar-refractivity contribution in [2.75, 3.05) is 24.2 Å². The van der Waals surface area contributed by atoms with E-state index in [1.807, 2.05) is 0 Å². The molecule has 1 rings (SSSR count). The highest BCUT2D eigenvalue weighted by Gasteiger charge is 2.06. The average Bonchev–Trinajstić information content (AvgIpc) is 2.18. The van der Waals surface area contributed by atoms with Crippen LogP contribution in [0.5, 0.6) is 0 Å². The molecule has 0 aliphatic carbocycles. The molecule has 0 amide bonds. The summed E-state index contributed by atoms with van der Waals surface area (Å²) in [5.41, 5.74) is 0.755. The maximum absolute atomic E-state index is 5.89. The Bertz CT molecular complexity index is 290. The first-order valence-corrected chi connectivity index (χ1v) is 5.09. The van der Waals surface area contributed by atoms with Crippen LogP contribution in [0.1, 0.15) is 19.8 Å². The highest BCUT2D eigenvalue weighted by molar-refractivity contribution is 6.32. The molecule has 0 unspecified atom stereocenters. The van der Waals surface area contributed by atoms with Crippen LogP contribution in [-0.2, 0) is 0 Å². The molecule has 0 saturated heterocycles. The summed E-state index contributed by atoms with van der Waals surface area (Å²) in [7, 11) is 1.80. The van der Waals surface area contributed by atoms with Gasteiger partial charge in [0.05, 0.1) is 0 Å². The molecule has 0 fully saturated rings. The largest absolute Gasteiger partial charge is 0.383 e. The van der Waals surface area contributed by atoms with Gasteiger partial charge in [-0.05, 0) is 6.42 Å². The second-order valence-corrected chi connectivity index (χ2v) is 3.28. The molecule has 5 heteroatoms. The fourth-order valence-electron chi connectivity index (χ4n) is 1.10. The highest BCUT2D eigenvalue weighted by atomic mass is 35.5. The molecule has 0 spiro atoms. The molecule has 0 aromatic carbocycles. The Morgan fingerprint density at radius 3 is 2.86 bits per heavy atom. The zero-order chi connectivity index (χ0) is 10.4. The van der Waals surface area contributed by atoms with Gasteiger partial charge in [-0.25, -0.2) is 9.97 Å². The van der Waals surface area contributed by atoms with Crippen molar-refractivity contribution < 1.29 is 0 Å². The summed E-state index contributed by atoms with van der Waals surface area (Å²) >= 11 is 5.89. The first-order valence-electron chi connectivity index (χ1n) is 4.71. The molecule has 0 aliphatic heterocycles. The second-order valence-electron chi connectivity index (χ2n) is 2.92. The summed E-state index contributed by atoms with van der Waals surface area (Å²) in [6, 6.07) is 0. The van der Waals surface area contributed by atoms with Crippen LogP contribution in [0.15, 0.2) is 6.33 Å². The highest BCUT2D eigenvalue weighted by Crippen LogP contribution is 2.24. The van der Waals surface area contributed by atoms with E-state index >= 15 is 0 Å². The van der Waals surface area contributed by atoms with Crippen molar-refractivity contribution in [1.82, 2.24) is 9.97 Å². The Balaban J connectivity index is 2.70. The minimum Gasteiger partial charge on any atom is -0.383 e. The van der Waals surface area contributed by atoms with Gasteiger partial charge in [0.25, 0.3) is 0 Å². The lowest BCUT2D eigenvalue weighted by Crippen LogP contribution is -2.06. The fraction of sp³-hybridized carbons (Fsp3) is 0.556. The quantitative estimate of drug-likeness (QED) is 0.584. The summed E-state index contributed by atoms with van der Waals surface area (Å²) < 4.78 is 0. The van der Waals surface area contributed by atoms with E-state index in [1.54, 1.807) is 7.05 Å². The first kappa shape index (κ1) is 11.0. The lowest BCUT2D eigenvalue weighted by molar-refractivity contribution is 0.830. The molecule has 0 radical (unpaired) electrons. The molecular formula is C9H15ClN4. The Morgan fingerprint density at radius 1 is 1.43 bits per heavy atom. The summed E-state index contributed by atoms with van der Waals surface area (Å²) in [5, 5.41) is 6.63. The van der Waals surface area contributed by atoms with Crippen LogP contribution >= 0.6 is 11.6 Å². The third-order valence-electron chi connectivity index (χ3n) is 1.87. The summed E-state index contributed by atoms with van der Waals surface area (Å²) in [4.78, 5) is 8.00. The Labute approximate surface area is 89.1 Å². The van der Waals surface area contributed by atoms with Crippen molar-refractivity contribution in [2.24, 2.45) is 0 Å². The van der Waals surface area contributed by atoms with Crippen LogP contribution in [0, 0.1) is 0 Å². The number of hydrogen-bond acceptors (Lipinski definition) is 4. The van der Waals surface area contributed by atoms with Gasteiger partial charge < -0.3 is 10.6 Å². The molecule has 1 aromatic heterocycles. The van der Waals surface area contributed by atoms with E-state index in [0.29, 0.717) is 5.15 Å². The van der Waals surface area contributed by atoms with Crippen LogP contribution in [-0.4, -0.2) is 23.6 Å². The summed E-state index contributed by atoms with van der Waals surface area (Å²) in [5.74, 6) is 0.765. The molecule has 1 heterocycles. The van der Waals surface area contributed by atoms with Gasteiger partial charge in [-0.2, -0.15) is 0 Å². The van der Waals surface area contributed by atoms with Crippen molar-refractivity contribution in [1.29, 1.82) is 0 Å². The molecule has 0 saturated carbocycles. The SMILES string of the molecule is CCCCNc1ncnc(Cl)c1NC. The lowest BCUT2D eigenvalue weighted by Gasteiger charge is -2.10. The Hall–Kier alpha value is -1.03. The van der Waals surface area contributed by atoms with Gasteiger partial charge in [0.1, 0.15) is 12.0 Å². The Kier molecular flexibility index (Phi) is 4.46. The fourth-order valence-corrected chi connectivity index (χ4v) is 1.33. The van der Waals surface area contributed by atoms with Crippen molar-refractivity contribution in [3.63, 3.8) is 0 Å².